The third-order valence-electron chi connectivity index (χ3n) is 5.76. The van der Waals surface area contributed by atoms with E-state index in [4.69, 9.17) is 0 Å². The molecule has 0 bridgehead atoms. The van der Waals surface area contributed by atoms with E-state index < -0.39 is 0 Å². The zero-order chi connectivity index (χ0) is 20.9. The van der Waals surface area contributed by atoms with Crippen molar-refractivity contribution >= 4 is 22.7 Å². The molecule has 3 aromatic rings. The van der Waals surface area contributed by atoms with Crippen LogP contribution in [0.1, 0.15) is 48.7 Å². The van der Waals surface area contributed by atoms with E-state index in [-0.39, 0.29) is 17.9 Å². The van der Waals surface area contributed by atoms with E-state index in [1.165, 1.54) is 0 Å². The molecule has 2 amide bonds. The summed E-state index contributed by atoms with van der Waals surface area (Å²) >= 11 is 0. The van der Waals surface area contributed by atoms with Gasteiger partial charge in [-0.3, -0.25) is 9.59 Å². The quantitative estimate of drug-likeness (QED) is 0.670. The van der Waals surface area contributed by atoms with E-state index in [0.29, 0.717) is 25.2 Å². The second-order valence-electron chi connectivity index (χ2n) is 8.07. The SMILES string of the molecule is CCCC(=O)NC1CCCN(C(=O)c2cc3ccccc3n2Cc2ccccc2)C1. The minimum absolute atomic E-state index is 0.0358. The molecule has 1 N–H and O–H groups in total. The van der Waals surface area contributed by atoms with Crippen molar-refractivity contribution in [3.05, 3.63) is 71.9 Å². The van der Waals surface area contributed by atoms with Crippen LogP contribution < -0.4 is 5.32 Å². The number of carbonyl (C=O) groups excluding carboxylic acids is 2. The Morgan fingerprint density at radius 1 is 1.07 bits per heavy atom. The highest BCUT2D eigenvalue weighted by Crippen LogP contribution is 2.24. The summed E-state index contributed by atoms with van der Waals surface area (Å²) in [6.07, 6.45) is 3.20. The fourth-order valence-corrected chi connectivity index (χ4v) is 4.29. The number of para-hydroxylation sites is 1. The van der Waals surface area contributed by atoms with Crippen LogP contribution in [0.3, 0.4) is 0 Å². The number of aromatic nitrogens is 1. The van der Waals surface area contributed by atoms with Crippen LogP contribution in [-0.2, 0) is 11.3 Å². The minimum Gasteiger partial charge on any atom is -0.352 e. The fourth-order valence-electron chi connectivity index (χ4n) is 4.29. The van der Waals surface area contributed by atoms with E-state index in [0.717, 1.165) is 42.3 Å². The minimum atomic E-state index is 0.0358. The zero-order valence-corrected chi connectivity index (χ0v) is 17.5. The van der Waals surface area contributed by atoms with Gasteiger partial charge in [-0.2, -0.15) is 0 Å². The number of hydrogen-bond acceptors (Lipinski definition) is 2. The van der Waals surface area contributed by atoms with Gasteiger partial charge in [0.1, 0.15) is 5.69 Å². The van der Waals surface area contributed by atoms with Crippen LogP contribution in [0.2, 0.25) is 0 Å². The summed E-state index contributed by atoms with van der Waals surface area (Å²) in [7, 11) is 0. The van der Waals surface area contributed by atoms with E-state index in [2.05, 4.69) is 34.1 Å². The standard InChI is InChI=1S/C25H29N3O2/c1-2-9-24(29)26-21-13-8-15-27(18-21)25(30)23-16-20-12-6-7-14-22(20)28(23)17-19-10-4-3-5-11-19/h3-7,10-12,14,16,21H,2,8-9,13,15,17-18H2,1H3,(H,26,29). The van der Waals surface area contributed by atoms with Crippen LogP contribution in [0, 0.1) is 0 Å². The lowest BCUT2D eigenvalue weighted by atomic mass is 10.0. The van der Waals surface area contributed by atoms with Crippen molar-refractivity contribution in [1.29, 1.82) is 0 Å². The summed E-state index contributed by atoms with van der Waals surface area (Å²) in [6, 6.07) is 20.4. The fraction of sp³-hybridized carbons (Fsp3) is 0.360. The second kappa shape index (κ2) is 9.16. The Bertz CT molecular complexity index is 1030. The first kappa shape index (κ1) is 20.2. The molecular formula is C25H29N3O2. The molecule has 0 saturated carbocycles. The Labute approximate surface area is 177 Å². The molecule has 4 rings (SSSR count). The summed E-state index contributed by atoms with van der Waals surface area (Å²) in [5, 5.41) is 4.17. The molecule has 0 aliphatic carbocycles. The predicted molar refractivity (Wildman–Crippen MR) is 119 cm³/mol. The monoisotopic (exact) mass is 403 g/mol. The van der Waals surface area contributed by atoms with Gasteiger partial charge in [0.05, 0.1) is 0 Å². The Morgan fingerprint density at radius 2 is 1.83 bits per heavy atom. The van der Waals surface area contributed by atoms with Crippen molar-refractivity contribution in [3.63, 3.8) is 0 Å². The van der Waals surface area contributed by atoms with Gasteiger partial charge in [-0.25, -0.2) is 0 Å². The number of carbonyl (C=O) groups is 2. The largest absolute Gasteiger partial charge is 0.352 e. The third kappa shape index (κ3) is 4.40. The lowest BCUT2D eigenvalue weighted by molar-refractivity contribution is -0.122. The summed E-state index contributed by atoms with van der Waals surface area (Å²) < 4.78 is 2.12. The van der Waals surface area contributed by atoms with Gasteiger partial charge >= 0.3 is 0 Å². The van der Waals surface area contributed by atoms with E-state index in [1.807, 2.05) is 48.2 Å². The Morgan fingerprint density at radius 3 is 2.63 bits per heavy atom. The summed E-state index contributed by atoms with van der Waals surface area (Å²) in [4.78, 5) is 27.4. The Hall–Kier alpha value is -3.08. The molecule has 1 aliphatic heterocycles. The van der Waals surface area contributed by atoms with Gasteiger partial charge in [-0.15, -0.1) is 0 Å². The van der Waals surface area contributed by atoms with Crippen molar-refractivity contribution < 1.29 is 9.59 Å². The van der Waals surface area contributed by atoms with E-state index >= 15 is 0 Å². The molecule has 1 aliphatic rings. The molecule has 5 nitrogen and oxygen atoms in total. The summed E-state index contributed by atoms with van der Waals surface area (Å²) in [5.41, 5.74) is 2.94. The highest BCUT2D eigenvalue weighted by molar-refractivity contribution is 5.99. The average molecular weight is 404 g/mol. The first-order valence-corrected chi connectivity index (χ1v) is 10.9. The Balaban J connectivity index is 1.59. The highest BCUT2D eigenvalue weighted by atomic mass is 16.2. The third-order valence-corrected chi connectivity index (χ3v) is 5.76. The molecule has 2 heterocycles. The van der Waals surface area contributed by atoms with Gasteiger partial charge in [-0.05, 0) is 37.0 Å². The van der Waals surface area contributed by atoms with Crippen molar-refractivity contribution in [1.82, 2.24) is 14.8 Å². The summed E-state index contributed by atoms with van der Waals surface area (Å²) in [6.45, 7) is 3.95. The number of piperidine rings is 1. The molecule has 1 saturated heterocycles. The van der Waals surface area contributed by atoms with Gasteiger partial charge in [0, 0.05) is 43.0 Å². The van der Waals surface area contributed by atoms with Gasteiger partial charge in [0.15, 0.2) is 0 Å². The lowest BCUT2D eigenvalue weighted by Crippen LogP contribution is -2.49. The summed E-state index contributed by atoms with van der Waals surface area (Å²) in [5.74, 6) is 0.117. The van der Waals surface area contributed by atoms with E-state index in [9.17, 15) is 9.59 Å². The number of likely N-dealkylation sites (tertiary alicyclic amines) is 1. The first-order valence-electron chi connectivity index (χ1n) is 10.9. The average Bonchev–Trinajstić information content (AvgIpc) is 3.13. The molecule has 30 heavy (non-hydrogen) atoms. The number of amides is 2. The van der Waals surface area contributed by atoms with Gasteiger partial charge in [0.2, 0.25) is 5.91 Å². The van der Waals surface area contributed by atoms with Crippen molar-refractivity contribution in [2.24, 2.45) is 0 Å². The molecule has 1 fully saturated rings. The highest BCUT2D eigenvalue weighted by Gasteiger charge is 2.27. The van der Waals surface area contributed by atoms with Crippen LogP contribution >= 0.6 is 0 Å². The molecule has 0 spiro atoms. The number of benzene rings is 2. The van der Waals surface area contributed by atoms with E-state index in [1.54, 1.807) is 0 Å². The van der Waals surface area contributed by atoms with Crippen LogP contribution in [0.4, 0.5) is 0 Å². The Kier molecular flexibility index (Phi) is 6.17. The maximum absolute atomic E-state index is 13.5. The van der Waals surface area contributed by atoms with Crippen molar-refractivity contribution in [2.45, 2.75) is 45.2 Å². The molecule has 0 radical (unpaired) electrons. The molecule has 5 heteroatoms. The first-order chi connectivity index (χ1) is 14.7. The zero-order valence-electron chi connectivity index (χ0n) is 17.5. The number of hydrogen-bond donors (Lipinski definition) is 1. The van der Waals surface area contributed by atoms with Crippen LogP contribution in [0.5, 0.6) is 0 Å². The molecule has 1 unspecified atom stereocenters. The smallest absolute Gasteiger partial charge is 0.270 e. The molecular weight excluding hydrogens is 374 g/mol. The topological polar surface area (TPSA) is 54.3 Å². The maximum atomic E-state index is 13.5. The van der Waals surface area contributed by atoms with Crippen molar-refractivity contribution in [2.75, 3.05) is 13.1 Å². The molecule has 1 aromatic heterocycles. The number of rotatable bonds is 6. The maximum Gasteiger partial charge on any atom is 0.270 e. The molecule has 156 valence electrons. The predicted octanol–water partition coefficient (Wildman–Crippen LogP) is 4.21. The molecule has 2 aromatic carbocycles. The van der Waals surface area contributed by atoms with Gasteiger partial charge in [-0.1, -0.05) is 55.5 Å². The van der Waals surface area contributed by atoms with Gasteiger partial charge in [0.25, 0.3) is 5.91 Å². The van der Waals surface area contributed by atoms with Crippen LogP contribution in [0.25, 0.3) is 10.9 Å². The van der Waals surface area contributed by atoms with Gasteiger partial charge < -0.3 is 14.8 Å². The van der Waals surface area contributed by atoms with Crippen molar-refractivity contribution in [3.8, 4) is 0 Å². The lowest BCUT2D eigenvalue weighted by Gasteiger charge is -2.33. The number of fused-ring (bicyclic) bond motifs is 1. The number of nitrogens with zero attached hydrogens (tertiary/aromatic N) is 2. The molecule has 1 atom stereocenters. The van der Waals surface area contributed by atoms with Crippen LogP contribution in [0.15, 0.2) is 60.7 Å². The van der Waals surface area contributed by atoms with Crippen LogP contribution in [-0.4, -0.2) is 40.4 Å². The normalized spacial score (nSPS) is 16.6. The second-order valence-corrected chi connectivity index (χ2v) is 8.07. The number of nitrogens with one attached hydrogen (secondary N) is 1.